The number of nitrogens with one attached hydrogen (secondary N) is 1. The Morgan fingerprint density at radius 2 is 1.75 bits per heavy atom. The highest BCUT2D eigenvalue weighted by Gasteiger charge is 2.37. The quantitative estimate of drug-likeness (QED) is 0.603. The predicted molar refractivity (Wildman–Crippen MR) is 125 cm³/mol. The van der Waals surface area contributed by atoms with E-state index < -0.39 is 0 Å². The molecule has 150 valence electrons. The van der Waals surface area contributed by atoms with E-state index in [1.54, 1.807) is 11.1 Å². The van der Waals surface area contributed by atoms with E-state index >= 15 is 0 Å². The minimum Gasteiger partial charge on any atom is -0.348 e. The molecule has 2 aliphatic rings. The Morgan fingerprint density at radius 3 is 2.46 bits per heavy atom. The fourth-order valence-corrected chi connectivity index (χ4v) is 5.85. The molecule has 6 heteroatoms. The van der Waals surface area contributed by atoms with Crippen molar-refractivity contribution in [2.45, 2.75) is 31.2 Å². The molecule has 2 unspecified atom stereocenters. The largest absolute Gasteiger partial charge is 0.348 e. The summed E-state index contributed by atoms with van der Waals surface area (Å²) in [6.45, 7) is 2.24. The molecule has 0 saturated carbocycles. The molecule has 28 heavy (non-hydrogen) atoms. The van der Waals surface area contributed by atoms with Gasteiger partial charge in [0, 0.05) is 25.0 Å². The molecule has 0 spiro atoms. The minimum absolute atomic E-state index is 0. The lowest BCUT2D eigenvalue weighted by molar-refractivity contribution is 0.259. The number of likely N-dealkylation sites (N-methyl/N-ethyl adjacent to an activating group) is 1. The zero-order chi connectivity index (χ0) is 17.5. The maximum Gasteiger partial charge on any atom is 0.186 e. The number of para-hydroxylation sites is 1. The van der Waals surface area contributed by atoms with Crippen LogP contribution in [-0.4, -0.2) is 31.2 Å². The fourth-order valence-electron chi connectivity index (χ4n) is 4.83. The van der Waals surface area contributed by atoms with E-state index in [2.05, 4.69) is 65.8 Å². The average Bonchev–Trinajstić information content (AvgIpc) is 3.10. The van der Waals surface area contributed by atoms with Crippen LogP contribution in [0.4, 0.5) is 5.13 Å². The van der Waals surface area contributed by atoms with Gasteiger partial charge in [-0.1, -0.05) is 47.7 Å². The van der Waals surface area contributed by atoms with Crippen LogP contribution in [0.1, 0.15) is 29.9 Å². The van der Waals surface area contributed by atoms with Crippen molar-refractivity contribution >= 4 is 51.5 Å². The van der Waals surface area contributed by atoms with Gasteiger partial charge in [0.15, 0.2) is 5.13 Å². The zero-order valence-corrected chi connectivity index (χ0v) is 18.5. The number of rotatable bonds is 4. The molecule has 2 aromatic carbocycles. The Hall–Kier alpha value is -1.33. The van der Waals surface area contributed by atoms with Gasteiger partial charge in [-0.3, -0.25) is 0 Å². The number of aromatic nitrogens is 1. The molecular weight excluding hydrogens is 409 g/mol. The summed E-state index contributed by atoms with van der Waals surface area (Å²) in [5.41, 5.74) is 4.25. The van der Waals surface area contributed by atoms with Crippen LogP contribution in [0.2, 0.25) is 0 Å². The minimum atomic E-state index is 0. The maximum absolute atomic E-state index is 4.85. The number of benzene rings is 2. The van der Waals surface area contributed by atoms with E-state index in [0.717, 1.165) is 24.5 Å². The van der Waals surface area contributed by atoms with Gasteiger partial charge in [0.2, 0.25) is 0 Å². The third-order valence-corrected chi connectivity index (χ3v) is 7.36. The number of hydrogen-bond donors (Lipinski definition) is 1. The van der Waals surface area contributed by atoms with Crippen LogP contribution in [-0.2, 0) is 6.42 Å². The maximum atomic E-state index is 4.85. The number of halogens is 2. The van der Waals surface area contributed by atoms with Crippen molar-refractivity contribution in [3.8, 4) is 0 Å². The molecular formula is C22H27Cl2N3S. The lowest BCUT2D eigenvalue weighted by Gasteiger charge is -2.43. The number of fused-ring (bicyclic) bond motifs is 2. The van der Waals surface area contributed by atoms with Gasteiger partial charge in [0.25, 0.3) is 0 Å². The van der Waals surface area contributed by atoms with Crippen LogP contribution >= 0.6 is 36.2 Å². The van der Waals surface area contributed by atoms with E-state index in [1.165, 1.54) is 29.1 Å². The van der Waals surface area contributed by atoms with Crippen molar-refractivity contribution in [3.63, 3.8) is 0 Å². The Morgan fingerprint density at radius 1 is 1.04 bits per heavy atom. The summed E-state index contributed by atoms with van der Waals surface area (Å²) >= 11 is 1.83. The molecule has 2 heterocycles. The van der Waals surface area contributed by atoms with Crippen LogP contribution in [0.3, 0.4) is 0 Å². The van der Waals surface area contributed by atoms with Gasteiger partial charge in [-0.15, -0.1) is 24.8 Å². The molecule has 0 bridgehead atoms. The molecule has 0 amide bonds. The molecule has 0 radical (unpaired) electrons. The SMILES string of the molecule is CNC(C1CCN(c2nc3ccccc3s2)CC1)C1Cc2ccccc21.Cl.Cl. The number of hydrogen-bond acceptors (Lipinski definition) is 4. The summed E-state index contributed by atoms with van der Waals surface area (Å²) in [6.07, 6.45) is 3.74. The zero-order valence-electron chi connectivity index (χ0n) is 16.0. The van der Waals surface area contributed by atoms with Crippen molar-refractivity contribution in [2.24, 2.45) is 5.92 Å². The van der Waals surface area contributed by atoms with Crippen molar-refractivity contribution in [1.82, 2.24) is 10.3 Å². The topological polar surface area (TPSA) is 28.2 Å². The smallest absolute Gasteiger partial charge is 0.186 e. The van der Waals surface area contributed by atoms with Gasteiger partial charge >= 0.3 is 0 Å². The number of nitrogens with zero attached hydrogens (tertiary/aromatic N) is 2. The highest BCUT2D eigenvalue weighted by atomic mass is 35.5. The van der Waals surface area contributed by atoms with E-state index in [1.807, 2.05) is 11.3 Å². The summed E-state index contributed by atoms with van der Waals surface area (Å²) in [6, 6.07) is 18.0. The number of thiazole rings is 1. The first kappa shape index (κ1) is 21.4. The lowest BCUT2D eigenvalue weighted by Crippen LogP contribution is -2.47. The molecule has 1 aromatic heterocycles. The van der Waals surface area contributed by atoms with Gasteiger partial charge < -0.3 is 10.2 Å². The second-order valence-electron chi connectivity index (χ2n) is 7.61. The van der Waals surface area contributed by atoms with E-state index in [0.29, 0.717) is 12.0 Å². The van der Waals surface area contributed by atoms with Crippen molar-refractivity contribution in [3.05, 3.63) is 59.7 Å². The third kappa shape index (κ3) is 3.76. The Bertz CT molecular complexity index is 888. The molecule has 1 aliphatic carbocycles. The summed E-state index contributed by atoms with van der Waals surface area (Å²) in [5, 5.41) is 4.85. The molecule has 1 N–H and O–H groups in total. The summed E-state index contributed by atoms with van der Waals surface area (Å²) in [4.78, 5) is 7.34. The normalized spacial score (nSPS) is 19.9. The second kappa shape index (κ2) is 9.00. The van der Waals surface area contributed by atoms with Gasteiger partial charge in [0.05, 0.1) is 10.2 Å². The highest BCUT2D eigenvalue weighted by molar-refractivity contribution is 7.22. The average molecular weight is 436 g/mol. The third-order valence-electron chi connectivity index (χ3n) is 6.26. The van der Waals surface area contributed by atoms with Crippen molar-refractivity contribution < 1.29 is 0 Å². The van der Waals surface area contributed by atoms with Crippen LogP contribution < -0.4 is 10.2 Å². The monoisotopic (exact) mass is 435 g/mol. The van der Waals surface area contributed by atoms with Crippen LogP contribution in [0, 0.1) is 5.92 Å². The molecule has 2 atom stereocenters. The molecule has 1 fully saturated rings. The van der Waals surface area contributed by atoms with Gasteiger partial charge in [-0.2, -0.15) is 0 Å². The first-order valence-electron chi connectivity index (χ1n) is 9.69. The highest BCUT2D eigenvalue weighted by Crippen LogP contribution is 2.42. The van der Waals surface area contributed by atoms with E-state index in [4.69, 9.17) is 4.98 Å². The van der Waals surface area contributed by atoms with Crippen LogP contribution in [0.15, 0.2) is 48.5 Å². The lowest BCUT2D eigenvalue weighted by atomic mass is 9.68. The Labute approximate surface area is 183 Å². The predicted octanol–water partition coefficient (Wildman–Crippen LogP) is 5.28. The molecule has 5 rings (SSSR count). The van der Waals surface area contributed by atoms with Gasteiger partial charge in [0.1, 0.15) is 0 Å². The summed E-state index contributed by atoms with van der Waals surface area (Å²) in [7, 11) is 2.14. The van der Waals surface area contributed by atoms with E-state index in [-0.39, 0.29) is 24.8 Å². The first-order valence-corrected chi connectivity index (χ1v) is 10.5. The van der Waals surface area contributed by atoms with Gasteiger partial charge in [-0.05, 0) is 55.5 Å². The van der Waals surface area contributed by atoms with E-state index in [9.17, 15) is 0 Å². The summed E-state index contributed by atoms with van der Waals surface area (Å²) in [5.74, 6) is 1.44. The summed E-state index contributed by atoms with van der Waals surface area (Å²) < 4.78 is 1.30. The first-order chi connectivity index (χ1) is 12.8. The van der Waals surface area contributed by atoms with Gasteiger partial charge in [-0.25, -0.2) is 4.98 Å². The van der Waals surface area contributed by atoms with Crippen molar-refractivity contribution in [2.75, 3.05) is 25.0 Å². The Balaban J connectivity index is 0.00000112. The molecule has 3 nitrogen and oxygen atoms in total. The van der Waals surface area contributed by atoms with Crippen LogP contribution in [0.5, 0.6) is 0 Å². The number of piperidine rings is 1. The standard InChI is InChI=1S/C22H25N3S.2ClH/c1-23-21(18-14-16-6-2-3-7-17(16)18)15-10-12-25(13-11-15)22-24-19-8-4-5-9-20(19)26-22;;/h2-9,15,18,21,23H,10-14H2,1H3;2*1H. The molecule has 1 saturated heterocycles. The number of anilines is 1. The van der Waals surface area contributed by atoms with Crippen LogP contribution in [0.25, 0.3) is 10.2 Å². The Kier molecular flexibility index (Phi) is 6.87. The van der Waals surface area contributed by atoms with Crippen molar-refractivity contribution in [1.29, 1.82) is 0 Å². The molecule has 1 aliphatic heterocycles. The molecule has 3 aromatic rings. The second-order valence-corrected chi connectivity index (χ2v) is 8.62. The fraction of sp³-hybridized carbons (Fsp3) is 0.409.